The molecule has 0 saturated heterocycles. The van der Waals surface area contributed by atoms with Gasteiger partial charge in [-0.2, -0.15) is 5.10 Å². The molecule has 0 radical (unpaired) electrons. The Morgan fingerprint density at radius 3 is 2.67 bits per heavy atom. The van der Waals surface area contributed by atoms with E-state index in [-0.39, 0.29) is 6.10 Å². The van der Waals surface area contributed by atoms with E-state index in [4.69, 9.17) is 9.47 Å². The van der Waals surface area contributed by atoms with E-state index >= 15 is 0 Å². The average Bonchev–Trinajstić information content (AvgIpc) is 2.61. The Kier molecular flexibility index (Phi) is 4.11. The molecule has 86 valence electrons. The molecule has 5 nitrogen and oxygen atoms in total. The first-order valence-electron chi connectivity index (χ1n) is 4.92. The summed E-state index contributed by atoms with van der Waals surface area (Å²) >= 11 is 0. The van der Waals surface area contributed by atoms with Gasteiger partial charge < -0.3 is 14.6 Å². The van der Waals surface area contributed by atoms with Gasteiger partial charge in [-0.3, -0.25) is 4.68 Å². The summed E-state index contributed by atoms with van der Waals surface area (Å²) < 4.78 is 11.9. The Bertz CT molecular complexity index is 308. The number of aromatic nitrogens is 2. The van der Waals surface area contributed by atoms with Crippen molar-refractivity contribution >= 4 is 0 Å². The van der Waals surface area contributed by atoms with E-state index in [1.807, 2.05) is 6.92 Å². The van der Waals surface area contributed by atoms with Crippen LogP contribution in [-0.2, 0) is 11.8 Å². The van der Waals surface area contributed by atoms with Gasteiger partial charge in [0.15, 0.2) is 5.75 Å². The fraction of sp³-hybridized carbons (Fsp3) is 0.700. The van der Waals surface area contributed by atoms with Crippen molar-refractivity contribution in [3.63, 3.8) is 0 Å². The van der Waals surface area contributed by atoms with Crippen LogP contribution in [0.4, 0.5) is 0 Å². The van der Waals surface area contributed by atoms with Crippen LogP contribution >= 0.6 is 0 Å². The number of nitrogens with zero attached hydrogens (tertiary/aromatic N) is 2. The second-order valence-electron chi connectivity index (χ2n) is 3.35. The summed E-state index contributed by atoms with van der Waals surface area (Å²) in [4.78, 5) is 0. The third kappa shape index (κ3) is 2.30. The first-order valence-corrected chi connectivity index (χ1v) is 4.92. The Balaban J connectivity index is 2.97. The number of ether oxygens (including phenoxy) is 2. The van der Waals surface area contributed by atoms with Crippen molar-refractivity contribution in [1.29, 1.82) is 0 Å². The lowest BCUT2D eigenvalue weighted by Crippen LogP contribution is -2.22. The molecular formula is C10H18N2O3. The van der Waals surface area contributed by atoms with E-state index < -0.39 is 6.10 Å². The lowest BCUT2D eigenvalue weighted by Gasteiger charge is -2.20. The van der Waals surface area contributed by atoms with Crippen LogP contribution in [0.1, 0.15) is 25.1 Å². The molecule has 1 aromatic rings. The molecule has 5 heteroatoms. The molecule has 0 spiro atoms. The summed E-state index contributed by atoms with van der Waals surface area (Å²) in [5.41, 5.74) is 0.645. The number of rotatable bonds is 5. The van der Waals surface area contributed by atoms with Crippen molar-refractivity contribution in [2.24, 2.45) is 7.05 Å². The number of aliphatic hydroxyl groups is 1. The second kappa shape index (κ2) is 5.14. The minimum absolute atomic E-state index is 0.241. The maximum Gasteiger partial charge on any atom is 0.162 e. The van der Waals surface area contributed by atoms with Gasteiger partial charge in [-0.05, 0) is 6.42 Å². The second-order valence-corrected chi connectivity index (χ2v) is 3.35. The van der Waals surface area contributed by atoms with Gasteiger partial charge in [-0.1, -0.05) is 6.92 Å². The Morgan fingerprint density at radius 2 is 2.20 bits per heavy atom. The molecule has 0 aliphatic heterocycles. The first kappa shape index (κ1) is 12.0. The lowest BCUT2D eigenvalue weighted by atomic mass is 10.1. The monoisotopic (exact) mass is 214 g/mol. The molecular weight excluding hydrogens is 196 g/mol. The van der Waals surface area contributed by atoms with Crippen LogP contribution < -0.4 is 4.74 Å². The molecule has 2 unspecified atom stereocenters. The maximum absolute atomic E-state index is 10.1. The largest absolute Gasteiger partial charge is 0.493 e. The molecule has 0 amide bonds. The Morgan fingerprint density at radius 1 is 1.53 bits per heavy atom. The Hall–Kier alpha value is -1.07. The SMILES string of the molecule is CCC(OC)C(O)c1c(OC)cnn1C. The number of aliphatic hydroxyl groups excluding tert-OH is 1. The third-order valence-electron chi connectivity index (χ3n) is 2.51. The van der Waals surface area contributed by atoms with E-state index in [0.29, 0.717) is 11.4 Å². The van der Waals surface area contributed by atoms with Gasteiger partial charge in [0, 0.05) is 14.2 Å². The predicted molar refractivity (Wildman–Crippen MR) is 55.8 cm³/mol. The molecule has 0 aromatic carbocycles. The van der Waals surface area contributed by atoms with Crippen molar-refractivity contribution in [2.45, 2.75) is 25.6 Å². The molecule has 0 fully saturated rings. The van der Waals surface area contributed by atoms with Gasteiger partial charge in [0.05, 0.1) is 19.4 Å². The zero-order valence-corrected chi connectivity index (χ0v) is 9.60. The van der Waals surface area contributed by atoms with E-state index in [2.05, 4.69) is 5.10 Å². The quantitative estimate of drug-likeness (QED) is 0.790. The molecule has 1 rings (SSSR count). The number of methoxy groups -OCH3 is 2. The van der Waals surface area contributed by atoms with Crippen LogP contribution in [0.5, 0.6) is 5.75 Å². The van der Waals surface area contributed by atoms with Crippen LogP contribution in [0.15, 0.2) is 6.20 Å². The summed E-state index contributed by atoms with van der Waals surface area (Å²) in [5, 5.41) is 14.1. The molecule has 1 N–H and O–H groups in total. The smallest absolute Gasteiger partial charge is 0.162 e. The van der Waals surface area contributed by atoms with Crippen molar-refractivity contribution in [2.75, 3.05) is 14.2 Å². The van der Waals surface area contributed by atoms with Gasteiger partial charge in [-0.15, -0.1) is 0 Å². The van der Waals surface area contributed by atoms with E-state index in [9.17, 15) is 5.11 Å². The van der Waals surface area contributed by atoms with Crippen molar-refractivity contribution < 1.29 is 14.6 Å². The van der Waals surface area contributed by atoms with Crippen molar-refractivity contribution in [3.8, 4) is 5.75 Å². The highest BCUT2D eigenvalue weighted by Gasteiger charge is 2.25. The van der Waals surface area contributed by atoms with Gasteiger partial charge in [0.2, 0.25) is 0 Å². The maximum atomic E-state index is 10.1. The van der Waals surface area contributed by atoms with Gasteiger partial charge >= 0.3 is 0 Å². The van der Waals surface area contributed by atoms with Crippen LogP contribution in [-0.4, -0.2) is 35.2 Å². The molecule has 0 aliphatic rings. The molecule has 1 heterocycles. The fourth-order valence-corrected chi connectivity index (χ4v) is 1.62. The first-order chi connectivity index (χ1) is 7.15. The molecule has 0 saturated carbocycles. The van der Waals surface area contributed by atoms with E-state index in [1.165, 1.54) is 0 Å². The highest BCUT2D eigenvalue weighted by Crippen LogP contribution is 2.28. The molecule has 15 heavy (non-hydrogen) atoms. The fourth-order valence-electron chi connectivity index (χ4n) is 1.62. The van der Waals surface area contributed by atoms with E-state index in [0.717, 1.165) is 6.42 Å². The van der Waals surface area contributed by atoms with Gasteiger partial charge in [0.25, 0.3) is 0 Å². The zero-order chi connectivity index (χ0) is 11.4. The third-order valence-corrected chi connectivity index (χ3v) is 2.51. The topological polar surface area (TPSA) is 56.5 Å². The highest BCUT2D eigenvalue weighted by atomic mass is 16.5. The number of aryl methyl sites for hydroxylation is 1. The Labute approximate surface area is 89.6 Å². The summed E-state index contributed by atoms with van der Waals surface area (Å²) in [6.45, 7) is 1.96. The molecule has 1 aromatic heterocycles. The van der Waals surface area contributed by atoms with Crippen LogP contribution in [0.2, 0.25) is 0 Å². The molecule has 0 aliphatic carbocycles. The standard InChI is InChI=1S/C10H18N2O3/c1-5-7(14-3)10(13)9-8(15-4)6-11-12(9)2/h6-7,10,13H,5H2,1-4H3. The number of hydrogen-bond acceptors (Lipinski definition) is 4. The minimum Gasteiger partial charge on any atom is -0.493 e. The number of hydrogen-bond donors (Lipinski definition) is 1. The van der Waals surface area contributed by atoms with Crippen molar-refractivity contribution in [1.82, 2.24) is 9.78 Å². The zero-order valence-electron chi connectivity index (χ0n) is 9.60. The highest BCUT2D eigenvalue weighted by molar-refractivity contribution is 5.27. The lowest BCUT2D eigenvalue weighted by molar-refractivity contribution is -0.0196. The van der Waals surface area contributed by atoms with Crippen LogP contribution in [0.25, 0.3) is 0 Å². The summed E-state index contributed by atoms with van der Waals surface area (Å²) in [7, 11) is 4.91. The van der Waals surface area contributed by atoms with Gasteiger partial charge in [-0.25, -0.2) is 0 Å². The van der Waals surface area contributed by atoms with Gasteiger partial charge in [0.1, 0.15) is 11.8 Å². The summed E-state index contributed by atoms with van der Waals surface area (Å²) in [6, 6.07) is 0. The summed E-state index contributed by atoms with van der Waals surface area (Å²) in [5.74, 6) is 0.584. The molecule has 0 bridgehead atoms. The minimum atomic E-state index is -0.720. The molecule has 2 atom stereocenters. The average molecular weight is 214 g/mol. The van der Waals surface area contributed by atoms with E-state index in [1.54, 1.807) is 32.1 Å². The predicted octanol–water partition coefficient (Wildman–Crippen LogP) is 0.887. The summed E-state index contributed by atoms with van der Waals surface area (Å²) in [6.07, 6.45) is 1.35. The van der Waals surface area contributed by atoms with Crippen LogP contribution in [0, 0.1) is 0 Å². The van der Waals surface area contributed by atoms with Crippen LogP contribution in [0.3, 0.4) is 0 Å². The van der Waals surface area contributed by atoms with Crippen molar-refractivity contribution in [3.05, 3.63) is 11.9 Å². The normalized spacial score (nSPS) is 15.0.